The lowest BCUT2D eigenvalue weighted by Gasteiger charge is -2.22. The maximum Gasteiger partial charge on any atom is 0.297 e. The number of para-hydroxylation sites is 1. The van der Waals surface area contributed by atoms with E-state index in [4.69, 9.17) is 9.15 Å². The van der Waals surface area contributed by atoms with Gasteiger partial charge in [0.2, 0.25) is 10.9 Å². The molecule has 2 aromatic heterocycles. The van der Waals surface area contributed by atoms with E-state index in [0.717, 1.165) is 29.2 Å². The van der Waals surface area contributed by atoms with Crippen molar-refractivity contribution in [2.45, 2.75) is 39.7 Å². The van der Waals surface area contributed by atoms with Crippen molar-refractivity contribution in [3.63, 3.8) is 0 Å². The average molecular weight is 476 g/mol. The molecular weight excluding hydrogens is 450 g/mol. The minimum absolute atomic E-state index is 0.0561. The van der Waals surface area contributed by atoms with Crippen molar-refractivity contribution in [3.8, 4) is 5.75 Å². The number of carbonyl (C=O) groups is 1. The van der Waals surface area contributed by atoms with Gasteiger partial charge in [0.1, 0.15) is 16.3 Å². The summed E-state index contributed by atoms with van der Waals surface area (Å²) in [7, 11) is 0. The first kappa shape index (κ1) is 22.3. The van der Waals surface area contributed by atoms with Gasteiger partial charge in [0.25, 0.3) is 5.91 Å². The Kier molecular flexibility index (Phi) is 5.91. The summed E-state index contributed by atoms with van der Waals surface area (Å²) in [4.78, 5) is 28.8. The summed E-state index contributed by atoms with van der Waals surface area (Å²) < 4.78 is 11.7. The normalized spacial score (nSPS) is 15.4. The Morgan fingerprint density at radius 2 is 1.85 bits per heavy atom. The first-order chi connectivity index (χ1) is 16.5. The minimum Gasteiger partial charge on any atom is -0.494 e. The number of hydrogen-bond acceptors (Lipinski definition) is 7. The highest BCUT2D eigenvalue weighted by Crippen LogP contribution is 2.42. The van der Waals surface area contributed by atoms with Crippen molar-refractivity contribution in [2.75, 3.05) is 11.5 Å². The molecule has 0 saturated heterocycles. The van der Waals surface area contributed by atoms with Crippen molar-refractivity contribution >= 4 is 33.3 Å². The summed E-state index contributed by atoms with van der Waals surface area (Å²) in [6.45, 7) is 6.88. The predicted octanol–water partition coefficient (Wildman–Crippen LogP) is 5.38. The van der Waals surface area contributed by atoms with Crippen LogP contribution < -0.4 is 15.1 Å². The van der Waals surface area contributed by atoms with Crippen molar-refractivity contribution in [2.24, 2.45) is 5.92 Å². The Hall–Kier alpha value is -3.52. The molecule has 4 aromatic rings. The molecule has 1 unspecified atom stereocenters. The third kappa shape index (κ3) is 3.88. The molecule has 8 heteroatoms. The van der Waals surface area contributed by atoms with E-state index in [1.165, 1.54) is 16.2 Å². The first-order valence-electron chi connectivity index (χ1n) is 11.4. The van der Waals surface area contributed by atoms with Crippen LogP contribution in [0.4, 0.5) is 5.13 Å². The van der Waals surface area contributed by atoms with Crippen LogP contribution in [0.15, 0.2) is 57.7 Å². The number of hydrogen-bond donors (Lipinski definition) is 0. The van der Waals surface area contributed by atoms with Gasteiger partial charge in [-0.3, -0.25) is 14.5 Å². The van der Waals surface area contributed by atoms with Crippen molar-refractivity contribution in [1.29, 1.82) is 0 Å². The second-order valence-electron chi connectivity index (χ2n) is 8.74. The van der Waals surface area contributed by atoms with E-state index in [-0.39, 0.29) is 17.1 Å². The number of rotatable bonds is 7. The molecule has 1 amide bonds. The van der Waals surface area contributed by atoms with Crippen LogP contribution in [0.25, 0.3) is 11.0 Å². The van der Waals surface area contributed by atoms with Gasteiger partial charge < -0.3 is 9.15 Å². The molecule has 174 valence electrons. The van der Waals surface area contributed by atoms with Gasteiger partial charge in [0, 0.05) is 6.42 Å². The standard InChI is InChI=1S/C26H25N3O4S/c1-4-13-32-17-11-9-16(10-12-17)22-21-23(30)18-7-5-6-8-19(18)33-24(21)25(31)29(22)26-28-27-20(34-26)14-15(2)3/h5-12,15,22H,4,13-14H2,1-3H3. The maximum atomic E-state index is 13.6. The van der Waals surface area contributed by atoms with Crippen LogP contribution in [0, 0.1) is 5.92 Å². The number of anilines is 1. The van der Waals surface area contributed by atoms with E-state index in [9.17, 15) is 9.59 Å². The number of carbonyl (C=O) groups excluding carboxylic acids is 1. The molecule has 7 nitrogen and oxygen atoms in total. The van der Waals surface area contributed by atoms with Gasteiger partial charge in [-0.2, -0.15) is 0 Å². The zero-order valence-corrected chi connectivity index (χ0v) is 20.1. The fourth-order valence-electron chi connectivity index (χ4n) is 4.17. The van der Waals surface area contributed by atoms with E-state index in [1.54, 1.807) is 24.3 Å². The molecule has 3 heterocycles. The topological polar surface area (TPSA) is 85.5 Å². The number of nitrogens with zero attached hydrogens (tertiary/aromatic N) is 3. The van der Waals surface area contributed by atoms with Crippen LogP contribution in [0.2, 0.25) is 0 Å². The van der Waals surface area contributed by atoms with E-state index in [1.807, 2.05) is 31.2 Å². The molecule has 0 bridgehead atoms. The number of fused-ring (bicyclic) bond motifs is 2. The summed E-state index contributed by atoms with van der Waals surface area (Å²) >= 11 is 1.37. The molecule has 2 aromatic carbocycles. The van der Waals surface area contributed by atoms with Crippen LogP contribution in [0.1, 0.15) is 59.9 Å². The molecule has 34 heavy (non-hydrogen) atoms. The molecule has 0 aliphatic carbocycles. The Morgan fingerprint density at radius 3 is 2.59 bits per heavy atom. The molecule has 1 atom stereocenters. The van der Waals surface area contributed by atoms with Crippen LogP contribution in [-0.2, 0) is 6.42 Å². The lowest BCUT2D eigenvalue weighted by atomic mass is 9.98. The lowest BCUT2D eigenvalue weighted by Crippen LogP contribution is -2.29. The summed E-state index contributed by atoms with van der Waals surface area (Å²) in [5, 5.41) is 10.4. The lowest BCUT2D eigenvalue weighted by molar-refractivity contribution is 0.0970. The average Bonchev–Trinajstić information content (AvgIpc) is 3.40. The van der Waals surface area contributed by atoms with Crippen molar-refractivity contribution in [1.82, 2.24) is 10.2 Å². The van der Waals surface area contributed by atoms with Crippen LogP contribution in [0.5, 0.6) is 5.75 Å². The number of amides is 1. The minimum atomic E-state index is -0.663. The fraction of sp³-hybridized carbons (Fsp3) is 0.308. The van der Waals surface area contributed by atoms with E-state index in [2.05, 4.69) is 24.0 Å². The number of ether oxygens (including phenoxy) is 1. The smallest absolute Gasteiger partial charge is 0.297 e. The molecule has 0 fully saturated rings. The van der Waals surface area contributed by atoms with E-state index in [0.29, 0.717) is 34.2 Å². The largest absolute Gasteiger partial charge is 0.494 e. The Balaban J connectivity index is 1.66. The SMILES string of the molecule is CCCOc1ccc(C2c3c(oc4ccccc4c3=O)C(=O)N2c2nnc(CC(C)C)s2)cc1. The summed E-state index contributed by atoms with van der Waals surface area (Å²) in [6, 6.07) is 13.8. The molecule has 0 N–H and O–H groups in total. The monoisotopic (exact) mass is 475 g/mol. The highest BCUT2D eigenvalue weighted by atomic mass is 32.1. The maximum absolute atomic E-state index is 13.6. The summed E-state index contributed by atoms with van der Waals surface area (Å²) in [5.74, 6) is 0.816. The van der Waals surface area contributed by atoms with Gasteiger partial charge in [-0.15, -0.1) is 10.2 Å². The highest BCUT2D eigenvalue weighted by Gasteiger charge is 2.45. The Morgan fingerprint density at radius 1 is 1.09 bits per heavy atom. The summed E-state index contributed by atoms with van der Waals surface area (Å²) in [6.07, 6.45) is 1.67. The molecule has 0 radical (unpaired) electrons. The van der Waals surface area contributed by atoms with Crippen molar-refractivity contribution < 1.29 is 13.9 Å². The Labute approximate surface area is 201 Å². The number of aromatic nitrogens is 2. The zero-order chi connectivity index (χ0) is 23.8. The molecule has 5 rings (SSSR count). The van der Waals surface area contributed by atoms with Crippen LogP contribution >= 0.6 is 11.3 Å². The Bertz CT molecular complexity index is 1410. The van der Waals surface area contributed by atoms with Crippen LogP contribution in [0.3, 0.4) is 0 Å². The number of benzene rings is 2. The summed E-state index contributed by atoms with van der Waals surface area (Å²) in [5.41, 5.74) is 1.28. The van der Waals surface area contributed by atoms with Gasteiger partial charge in [-0.1, -0.05) is 56.4 Å². The van der Waals surface area contributed by atoms with Gasteiger partial charge in [-0.25, -0.2) is 0 Å². The quantitative estimate of drug-likeness (QED) is 0.357. The third-order valence-electron chi connectivity index (χ3n) is 5.69. The molecular formula is C26H25N3O4S. The second kappa shape index (κ2) is 9.02. The molecule has 0 saturated carbocycles. The van der Waals surface area contributed by atoms with Gasteiger partial charge in [-0.05, 0) is 42.2 Å². The predicted molar refractivity (Wildman–Crippen MR) is 132 cm³/mol. The molecule has 1 aliphatic heterocycles. The van der Waals surface area contributed by atoms with E-state index >= 15 is 0 Å². The van der Waals surface area contributed by atoms with E-state index < -0.39 is 6.04 Å². The van der Waals surface area contributed by atoms with Gasteiger partial charge in [0.05, 0.1) is 23.6 Å². The van der Waals surface area contributed by atoms with Crippen LogP contribution in [-0.4, -0.2) is 22.7 Å². The second-order valence-corrected chi connectivity index (χ2v) is 9.78. The molecule has 1 aliphatic rings. The first-order valence-corrected chi connectivity index (χ1v) is 12.2. The molecule has 0 spiro atoms. The zero-order valence-electron chi connectivity index (χ0n) is 19.3. The highest BCUT2D eigenvalue weighted by molar-refractivity contribution is 7.15. The van der Waals surface area contributed by atoms with Gasteiger partial charge >= 0.3 is 0 Å². The fourth-order valence-corrected chi connectivity index (χ4v) is 5.25. The third-order valence-corrected chi connectivity index (χ3v) is 6.64. The van der Waals surface area contributed by atoms with Gasteiger partial charge in [0.15, 0.2) is 5.43 Å². The van der Waals surface area contributed by atoms with Crippen molar-refractivity contribution in [3.05, 3.63) is 80.6 Å².